The molecule has 0 radical (unpaired) electrons. The molecule has 98 valence electrons. The maximum Gasteiger partial charge on any atom is 0.200 e. The Bertz CT molecular complexity index is 597. The minimum Gasteiger partial charge on any atom is -0.484 e. The topological polar surface area (TPSA) is 26.3 Å². The van der Waals surface area contributed by atoms with Gasteiger partial charge in [-0.2, -0.15) is 0 Å². The molecule has 5 heteroatoms. The highest BCUT2D eigenvalue weighted by Crippen LogP contribution is 2.28. The van der Waals surface area contributed by atoms with Crippen LogP contribution in [0.5, 0.6) is 5.75 Å². The fraction of sp³-hybridized carbons (Fsp3) is 0.0714. The van der Waals surface area contributed by atoms with E-state index in [0.717, 1.165) is 8.95 Å². The SMILES string of the molecule is O=C(COc1cc(Br)ccc1Cl)c1ccc(Br)cc1. The lowest BCUT2D eigenvalue weighted by molar-refractivity contribution is 0.0921. The first-order chi connectivity index (χ1) is 9.06. The third-order valence-corrected chi connectivity index (χ3v) is 3.75. The van der Waals surface area contributed by atoms with Gasteiger partial charge in [0.05, 0.1) is 5.02 Å². The van der Waals surface area contributed by atoms with Gasteiger partial charge in [-0.15, -0.1) is 0 Å². The zero-order chi connectivity index (χ0) is 13.8. The van der Waals surface area contributed by atoms with Crippen molar-refractivity contribution in [2.75, 3.05) is 6.61 Å². The van der Waals surface area contributed by atoms with E-state index in [2.05, 4.69) is 31.9 Å². The predicted molar refractivity (Wildman–Crippen MR) is 83.1 cm³/mol. The largest absolute Gasteiger partial charge is 0.484 e. The monoisotopic (exact) mass is 402 g/mol. The Morgan fingerprint density at radius 2 is 1.68 bits per heavy atom. The number of hydrogen-bond donors (Lipinski definition) is 0. The second kappa shape index (κ2) is 6.55. The molecule has 0 fully saturated rings. The van der Waals surface area contributed by atoms with Gasteiger partial charge in [0.2, 0.25) is 0 Å². The fourth-order valence-electron chi connectivity index (χ4n) is 1.45. The van der Waals surface area contributed by atoms with Crippen molar-refractivity contribution >= 4 is 49.2 Å². The molecule has 0 saturated heterocycles. The van der Waals surface area contributed by atoms with E-state index in [1.54, 1.807) is 24.3 Å². The molecule has 0 saturated carbocycles. The van der Waals surface area contributed by atoms with Crippen LogP contribution in [0.4, 0.5) is 0 Å². The van der Waals surface area contributed by atoms with Crippen molar-refractivity contribution in [3.63, 3.8) is 0 Å². The molecular weight excluding hydrogens is 395 g/mol. The third kappa shape index (κ3) is 4.06. The van der Waals surface area contributed by atoms with Gasteiger partial charge in [0.25, 0.3) is 0 Å². The molecule has 0 aliphatic carbocycles. The van der Waals surface area contributed by atoms with Gasteiger partial charge in [0.1, 0.15) is 5.75 Å². The third-order valence-electron chi connectivity index (χ3n) is 2.42. The Hall–Kier alpha value is -0.840. The molecule has 2 aromatic carbocycles. The zero-order valence-electron chi connectivity index (χ0n) is 9.70. The number of carbonyl (C=O) groups excluding carboxylic acids is 1. The fourth-order valence-corrected chi connectivity index (χ4v) is 2.23. The quantitative estimate of drug-likeness (QED) is 0.661. The van der Waals surface area contributed by atoms with Gasteiger partial charge in [0, 0.05) is 14.5 Å². The molecule has 0 unspecified atom stereocenters. The van der Waals surface area contributed by atoms with Crippen molar-refractivity contribution in [2.24, 2.45) is 0 Å². The maximum atomic E-state index is 11.9. The number of halogens is 3. The van der Waals surface area contributed by atoms with Crippen molar-refractivity contribution in [2.45, 2.75) is 0 Å². The highest BCUT2D eigenvalue weighted by atomic mass is 79.9. The molecule has 0 N–H and O–H groups in total. The minimum atomic E-state index is -0.0939. The lowest BCUT2D eigenvalue weighted by atomic mass is 10.1. The highest BCUT2D eigenvalue weighted by molar-refractivity contribution is 9.10. The Morgan fingerprint density at radius 3 is 2.37 bits per heavy atom. The van der Waals surface area contributed by atoms with Crippen molar-refractivity contribution in [3.05, 3.63) is 62.0 Å². The van der Waals surface area contributed by atoms with Crippen LogP contribution in [-0.4, -0.2) is 12.4 Å². The lowest BCUT2D eigenvalue weighted by Gasteiger charge is -2.08. The van der Waals surface area contributed by atoms with E-state index in [0.29, 0.717) is 16.3 Å². The summed E-state index contributed by atoms with van der Waals surface area (Å²) < 4.78 is 7.22. The second-order valence-corrected chi connectivity index (χ2v) is 6.03. The van der Waals surface area contributed by atoms with E-state index in [9.17, 15) is 4.79 Å². The molecule has 0 heterocycles. The van der Waals surface area contributed by atoms with Gasteiger partial charge >= 0.3 is 0 Å². The molecule has 19 heavy (non-hydrogen) atoms. The van der Waals surface area contributed by atoms with E-state index < -0.39 is 0 Å². The number of hydrogen-bond acceptors (Lipinski definition) is 2. The molecule has 2 rings (SSSR count). The van der Waals surface area contributed by atoms with Crippen molar-refractivity contribution in [3.8, 4) is 5.75 Å². The van der Waals surface area contributed by atoms with Crippen LogP contribution in [0.3, 0.4) is 0 Å². The first-order valence-electron chi connectivity index (χ1n) is 5.43. The van der Waals surface area contributed by atoms with Crippen molar-refractivity contribution < 1.29 is 9.53 Å². The molecule has 0 aromatic heterocycles. The summed E-state index contributed by atoms with van der Waals surface area (Å²) in [5, 5.41) is 0.479. The molecule has 0 atom stereocenters. The number of rotatable bonds is 4. The van der Waals surface area contributed by atoms with Crippen molar-refractivity contribution in [1.29, 1.82) is 0 Å². The summed E-state index contributed by atoms with van der Waals surface area (Å²) in [6, 6.07) is 12.4. The van der Waals surface area contributed by atoms with Crippen LogP contribution < -0.4 is 4.74 Å². The summed E-state index contributed by atoms with van der Waals surface area (Å²) in [5.41, 5.74) is 0.606. The minimum absolute atomic E-state index is 0.0438. The molecule has 0 aliphatic rings. The molecule has 0 spiro atoms. The van der Waals surface area contributed by atoms with Gasteiger partial charge in [-0.1, -0.05) is 55.6 Å². The number of carbonyl (C=O) groups is 1. The Balaban J connectivity index is 2.04. The summed E-state index contributed by atoms with van der Waals surface area (Å²) in [6.45, 7) is -0.0438. The molecule has 0 amide bonds. The van der Waals surface area contributed by atoms with Crippen LogP contribution in [0.25, 0.3) is 0 Å². The number of Topliss-reactive ketones (excluding diaryl/α,β-unsaturated/α-hetero) is 1. The smallest absolute Gasteiger partial charge is 0.200 e. The van der Waals surface area contributed by atoms with Gasteiger partial charge in [-0.05, 0) is 30.3 Å². The Kier molecular flexibility index (Phi) is 5.02. The molecular formula is C14H9Br2ClO2. The normalized spacial score (nSPS) is 10.3. The van der Waals surface area contributed by atoms with Crippen LogP contribution in [0.1, 0.15) is 10.4 Å². The summed E-state index contributed by atoms with van der Waals surface area (Å²) in [4.78, 5) is 11.9. The summed E-state index contributed by atoms with van der Waals surface area (Å²) in [5.74, 6) is 0.394. The van der Waals surface area contributed by atoms with E-state index >= 15 is 0 Å². The van der Waals surface area contributed by atoms with Crippen LogP contribution in [0.15, 0.2) is 51.4 Å². The van der Waals surface area contributed by atoms with Gasteiger partial charge < -0.3 is 4.74 Å². The standard InChI is InChI=1S/C14H9Br2ClO2/c15-10-3-1-9(2-4-10)13(18)8-19-14-7-11(16)5-6-12(14)17/h1-7H,8H2. The van der Waals surface area contributed by atoms with E-state index in [-0.39, 0.29) is 12.4 Å². The van der Waals surface area contributed by atoms with Gasteiger partial charge in [0.15, 0.2) is 12.4 Å². The van der Waals surface area contributed by atoms with E-state index in [4.69, 9.17) is 16.3 Å². The van der Waals surface area contributed by atoms with Crippen LogP contribution in [-0.2, 0) is 0 Å². The van der Waals surface area contributed by atoms with Crippen LogP contribution in [0.2, 0.25) is 5.02 Å². The number of benzene rings is 2. The molecule has 0 bridgehead atoms. The van der Waals surface area contributed by atoms with Crippen molar-refractivity contribution in [1.82, 2.24) is 0 Å². The lowest BCUT2D eigenvalue weighted by Crippen LogP contribution is -2.11. The van der Waals surface area contributed by atoms with E-state index in [1.165, 1.54) is 0 Å². The number of ether oxygens (including phenoxy) is 1. The molecule has 0 aliphatic heterocycles. The van der Waals surface area contributed by atoms with Gasteiger partial charge in [-0.25, -0.2) is 0 Å². The molecule has 2 nitrogen and oxygen atoms in total. The predicted octanol–water partition coefficient (Wildman–Crippen LogP) is 5.13. The Labute approximate surface area is 133 Å². The zero-order valence-corrected chi connectivity index (χ0v) is 13.6. The Morgan fingerprint density at radius 1 is 1.05 bits per heavy atom. The summed E-state index contributed by atoms with van der Waals surface area (Å²) in [6.07, 6.45) is 0. The number of ketones is 1. The first kappa shape index (κ1) is 14.6. The maximum absolute atomic E-state index is 11.9. The highest BCUT2D eigenvalue weighted by Gasteiger charge is 2.09. The summed E-state index contributed by atoms with van der Waals surface area (Å²) >= 11 is 12.6. The van der Waals surface area contributed by atoms with Gasteiger partial charge in [-0.3, -0.25) is 4.79 Å². The van der Waals surface area contributed by atoms with Crippen LogP contribution >= 0.6 is 43.5 Å². The average Bonchev–Trinajstić information content (AvgIpc) is 2.40. The van der Waals surface area contributed by atoms with E-state index in [1.807, 2.05) is 18.2 Å². The molecule has 2 aromatic rings. The first-order valence-corrected chi connectivity index (χ1v) is 7.39. The average molecular weight is 404 g/mol. The van der Waals surface area contributed by atoms with Crippen LogP contribution in [0, 0.1) is 0 Å². The second-order valence-electron chi connectivity index (χ2n) is 3.79. The summed E-state index contributed by atoms with van der Waals surface area (Å²) in [7, 11) is 0.